The molecule has 3 amide bonds. The zero-order valence-electron chi connectivity index (χ0n) is 12.8. The van der Waals surface area contributed by atoms with Crippen molar-refractivity contribution in [3.63, 3.8) is 0 Å². The predicted molar refractivity (Wildman–Crippen MR) is 82.6 cm³/mol. The minimum absolute atomic E-state index is 0.0384. The standard InChI is InChI=1S/C16H15N3O5/c1-2-23-15(21)10-9(8-6-4-3-5-7-8)11-13(20)18-16(22)19-14(11)24-12(10)17/h3-7,9,11H,2,17H2,1H3,(H,18,20,22). The van der Waals surface area contributed by atoms with E-state index in [0.29, 0.717) is 5.56 Å². The molecule has 0 fully saturated rings. The average Bonchev–Trinajstić information content (AvgIpc) is 2.54. The number of urea groups is 1. The molecule has 0 aromatic heterocycles. The molecule has 2 aliphatic heterocycles. The maximum Gasteiger partial charge on any atom is 0.350 e. The van der Waals surface area contributed by atoms with Gasteiger partial charge in [-0.1, -0.05) is 30.3 Å². The zero-order valence-corrected chi connectivity index (χ0v) is 12.8. The molecule has 2 unspecified atom stereocenters. The third-order valence-electron chi connectivity index (χ3n) is 3.77. The lowest BCUT2D eigenvalue weighted by Gasteiger charge is -2.34. The first-order valence-corrected chi connectivity index (χ1v) is 7.36. The van der Waals surface area contributed by atoms with Crippen molar-refractivity contribution in [2.45, 2.75) is 12.8 Å². The van der Waals surface area contributed by atoms with Crippen LogP contribution in [0.1, 0.15) is 18.4 Å². The Labute approximate surface area is 137 Å². The molecule has 0 saturated heterocycles. The molecule has 1 aromatic carbocycles. The molecule has 0 saturated carbocycles. The van der Waals surface area contributed by atoms with Gasteiger partial charge in [-0.05, 0) is 12.5 Å². The SMILES string of the molecule is CCOC(=O)C1=C(N)OC2=NC(=O)NC(=O)C2C1c1ccccc1. The summed E-state index contributed by atoms with van der Waals surface area (Å²) in [6, 6.07) is 8.02. The Morgan fingerprint density at radius 2 is 2.00 bits per heavy atom. The first kappa shape index (κ1) is 15.7. The number of esters is 1. The fourth-order valence-corrected chi connectivity index (χ4v) is 2.82. The highest BCUT2D eigenvalue weighted by Crippen LogP contribution is 2.40. The van der Waals surface area contributed by atoms with E-state index in [9.17, 15) is 14.4 Å². The molecule has 124 valence electrons. The summed E-state index contributed by atoms with van der Waals surface area (Å²) in [6.07, 6.45) is 0. The number of benzene rings is 1. The van der Waals surface area contributed by atoms with Crippen LogP contribution in [0.5, 0.6) is 0 Å². The van der Waals surface area contributed by atoms with Crippen LogP contribution in [0, 0.1) is 5.92 Å². The molecule has 0 radical (unpaired) electrons. The van der Waals surface area contributed by atoms with E-state index in [0.717, 1.165) is 0 Å². The summed E-state index contributed by atoms with van der Waals surface area (Å²) in [6.45, 7) is 1.81. The molecule has 3 N–H and O–H groups in total. The normalized spacial score (nSPS) is 23.0. The lowest BCUT2D eigenvalue weighted by atomic mass is 9.78. The number of hydrogen-bond acceptors (Lipinski definition) is 6. The number of hydrogen-bond donors (Lipinski definition) is 2. The molecule has 0 bridgehead atoms. The van der Waals surface area contributed by atoms with E-state index in [-0.39, 0.29) is 24.0 Å². The van der Waals surface area contributed by atoms with E-state index >= 15 is 0 Å². The second-order valence-electron chi connectivity index (χ2n) is 5.21. The summed E-state index contributed by atoms with van der Waals surface area (Å²) in [7, 11) is 0. The van der Waals surface area contributed by atoms with Crippen LogP contribution in [0.25, 0.3) is 0 Å². The number of nitrogens with zero attached hydrogens (tertiary/aromatic N) is 1. The lowest BCUT2D eigenvalue weighted by molar-refractivity contribution is -0.139. The van der Waals surface area contributed by atoms with Gasteiger partial charge in [0.1, 0.15) is 11.5 Å². The summed E-state index contributed by atoms with van der Waals surface area (Å²) < 4.78 is 10.3. The van der Waals surface area contributed by atoms with Gasteiger partial charge in [-0.2, -0.15) is 4.99 Å². The largest absolute Gasteiger partial charge is 0.462 e. The topological polar surface area (TPSA) is 120 Å². The Balaban J connectivity index is 2.17. The summed E-state index contributed by atoms with van der Waals surface area (Å²) in [5.41, 5.74) is 6.57. The number of aliphatic imine (C=N–C) groups is 1. The van der Waals surface area contributed by atoms with Crippen LogP contribution in [0.3, 0.4) is 0 Å². The van der Waals surface area contributed by atoms with Gasteiger partial charge in [0.05, 0.1) is 6.61 Å². The van der Waals surface area contributed by atoms with Crippen LogP contribution in [0.4, 0.5) is 4.79 Å². The van der Waals surface area contributed by atoms with Crippen LogP contribution < -0.4 is 11.1 Å². The highest BCUT2D eigenvalue weighted by atomic mass is 16.5. The average molecular weight is 329 g/mol. The molecular weight excluding hydrogens is 314 g/mol. The number of nitrogens with two attached hydrogens (primary N) is 1. The van der Waals surface area contributed by atoms with Crippen molar-refractivity contribution in [1.82, 2.24) is 5.32 Å². The zero-order chi connectivity index (χ0) is 17.3. The minimum Gasteiger partial charge on any atom is -0.462 e. The van der Waals surface area contributed by atoms with Crippen molar-refractivity contribution in [3.05, 3.63) is 47.4 Å². The van der Waals surface area contributed by atoms with Crippen LogP contribution in [0.2, 0.25) is 0 Å². The number of nitrogens with one attached hydrogen (secondary N) is 1. The summed E-state index contributed by atoms with van der Waals surface area (Å²) in [5.74, 6) is -3.36. The van der Waals surface area contributed by atoms with E-state index in [1.165, 1.54) is 0 Å². The van der Waals surface area contributed by atoms with Crippen molar-refractivity contribution < 1.29 is 23.9 Å². The number of rotatable bonds is 3. The molecule has 3 rings (SSSR count). The van der Waals surface area contributed by atoms with Gasteiger partial charge < -0.3 is 15.2 Å². The molecule has 0 aliphatic carbocycles. The van der Waals surface area contributed by atoms with Crippen LogP contribution >= 0.6 is 0 Å². The van der Waals surface area contributed by atoms with E-state index in [1.54, 1.807) is 37.3 Å². The molecule has 2 atom stereocenters. The van der Waals surface area contributed by atoms with Gasteiger partial charge >= 0.3 is 12.0 Å². The van der Waals surface area contributed by atoms with Gasteiger partial charge in [0.2, 0.25) is 17.7 Å². The molecule has 8 nitrogen and oxygen atoms in total. The number of ether oxygens (including phenoxy) is 2. The Bertz CT molecular complexity index is 769. The third-order valence-corrected chi connectivity index (χ3v) is 3.77. The van der Waals surface area contributed by atoms with Gasteiger partial charge in [0.25, 0.3) is 0 Å². The number of carbonyl (C=O) groups excluding carboxylic acids is 3. The van der Waals surface area contributed by atoms with E-state index in [1.807, 2.05) is 0 Å². The summed E-state index contributed by atoms with van der Waals surface area (Å²) in [5, 5.41) is 2.12. The van der Waals surface area contributed by atoms with Crippen LogP contribution in [0.15, 0.2) is 46.8 Å². The Kier molecular flexibility index (Phi) is 4.03. The predicted octanol–water partition coefficient (Wildman–Crippen LogP) is 0.798. The number of fused-ring (bicyclic) bond motifs is 1. The number of carbonyl (C=O) groups is 3. The Morgan fingerprint density at radius 3 is 2.67 bits per heavy atom. The van der Waals surface area contributed by atoms with E-state index in [4.69, 9.17) is 15.2 Å². The van der Waals surface area contributed by atoms with Crippen molar-refractivity contribution in [2.24, 2.45) is 16.6 Å². The van der Waals surface area contributed by atoms with Crippen LogP contribution in [-0.2, 0) is 19.1 Å². The van der Waals surface area contributed by atoms with Gasteiger partial charge in [-0.3, -0.25) is 10.1 Å². The van der Waals surface area contributed by atoms with E-state index < -0.39 is 29.7 Å². The molecule has 8 heteroatoms. The molecule has 2 aliphatic rings. The Morgan fingerprint density at radius 1 is 1.29 bits per heavy atom. The molecule has 24 heavy (non-hydrogen) atoms. The lowest BCUT2D eigenvalue weighted by Crippen LogP contribution is -2.50. The molecule has 1 aromatic rings. The van der Waals surface area contributed by atoms with Gasteiger partial charge in [0.15, 0.2) is 0 Å². The fourth-order valence-electron chi connectivity index (χ4n) is 2.82. The highest BCUT2D eigenvalue weighted by molar-refractivity contribution is 6.16. The van der Waals surface area contributed by atoms with Crippen molar-refractivity contribution in [3.8, 4) is 0 Å². The van der Waals surface area contributed by atoms with Crippen molar-refractivity contribution in [1.29, 1.82) is 0 Å². The quantitative estimate of drug-likeness (QED) is 0.791. The van der Waals surface area contributed by atoms with Crippen molar-refractivity contribution in [2.75, 3.05) is 6.61 Å². The number of imide groups is 1. The fraction of sp³-hybridized carbons (Fsp3) is 0.250. The monoisotopic (exact) mass is 329 g/mol. The molecular formula is C16H15N3O5. The second kappa shape index (κ2) is 6.15. The van der Waals surface area contributed by atoms with Crippen LogP contribution in [-0.4, -0.2) is 30.4 Å². The second-order valence-corrected chi connectivity index (χ2v) is 5.21. The molecule has 2 heterocycles. The minimum atomic E-state index is -0.975. The van der Waals surface area contributed by atoms with Gasteiger partial charge in [-0.15, -0.1) is 0 Å². The van der Waals surface area contributed by atoms with Gasteiger partial charge in [-0.25, -0.2) is 9.59 Å². The first-order valence-electron chi connectivity index (χ1n) is 7.36. The first-order chi connectivity index (χ1) is 11.5. The summed E-state index contributed by atoms with van der Waals surface area (Å²) >= 11 is 0. The third kappa shape index (κ3) is 2.62. The van der Waals surface area contributed by atoms with Crippen molar-refractivity contribution >= 4 is 23.8 Å². The summed E-state index contributed by atoms with van der Waals surface area (Å²) in [4.78, 5) is 39.8. The smallest absolute Gasteiger partial charge is 0.350 e. The number of amides is 3. The van der Waals surface area contributed by atoms with Gasteiger partial charge in [0, 0.05) is 5.92 Å². The maximum absolute atomic E-state index is 12.4. The molecule has 0 spiro atoms. The maximum atomic E-state index is 12.4. The highest BCUT2D eigenvalue weighted by Gasteiger charge is 2.48. The Hall–Kier alpha value is -3.16. The van der Waals surface area contributed by atoms with E-state index in [2.05, 4.69) is 10.3 Å².